The topological polar surface area (TPSA) is 73.9 Å². The van der Waals surface area contributed by atoms with Gasteiger partial charge in [0.15, 0.2) is 0 Å². The van der Waals surface area contributed by atoms with Crippen LogP contribution < -0.4 is 10.6 Å². The molecule has 1 rings (SSSR count). The van der Waals surface area contributed by atoms with E-state index in [0.717, 1.165) is 26.3 Å². The number of carbonyl (C=O) groups is 2. The van der Waals surface area contributed by atoms with Crippen molar-refractivity contribution in [2.45, 2.75) is 46.2 Å². The number of likely N-dealkylation sites (N-methyl/N-ethyl adjacent to an activating group) is 1. The van der Waals surface area contributed by atoms with E-state index < -0.39 is 0 Å². The molecule has 7 nitrogen and oxygen atoms in total. The van der Waals surface area contributed by atoms with Crippen LogP contribution in [-0.4, -0.2) is 85.7 Å². The van der Waals surface area contributed by atoms with Crippen molar-refractivity contribution in [3.05, 3.63) is 0 Å². The molecule has 0 aromatic heterocycles. The highest BCUT2D eigenvalue weighted by Crippen LogP contribution is 2.14. The van der Waals surface area contributed by atoms with Crippen molar-refractivity contribution in [3.63, 3.8) is 0 Å². The molecule has 0 saturated carbocycles. The highest BCUT2D eigenvalue weighted by atomic mass is 16.5. The maximum atomic E-state index is 12.2. The van der Waals surface area contributed by atoms with Crippen molar-refractivity contribution >= 4 is 11.8 Å². The number of morpholine rings is 1. The number of hydrogen-bond donors (Lipinski definition) is 2. The van der Waals surface area contributed by atoms with E-state index in [2.05, 4.69) is 29.4 Å². The summed E-state index contributed by atoms with van der Waals surface area (Å²) in [5, 5.41) is 5.85. The van der Waals surface area contributed by atoms with Gasteiger partial charge in [-0.1, -0.05) is 6.92 Å². The number of nitrogens with zero attached hydrogens (tertiary/aromatic N) is 2. The predicted molar refractivity (Wildman–Crippen MR) is 94.9 cm³/mol. The van der Waals surface area contributed by atoms with E-state index in [0.29, 0.717) is 13.1 Å². The Kier molecular flexibility index (Phi) is 8.66. The molecule has 0 spiro atoms. The van der Waals surface area contributed by atoms with Crippen molar-refractivity contribution < 1.29 is 14.3 Å². The maximum absolute atomic E-state index is 12.2. The molecule has 0 radical (unpaired) electrons. The summed E-state index contributed by atoms with van der Waals surface area (Å²) < 4.78 is 5.38. The number of hydrogen-bond acceptors (Lipinski definition) is 5. The SMILES string of the molecule is CCN(CC(=O)NCC(C)(C)N1CCOCC1)CC(=O)NC(C)C. The second-order valence-electron chi connectivity index (χ2n) is 7.21. The van der Waals surface area contributed by atoms with Crippen molar-refractivity contribution in [3.8, 4) is 0 Å². The van der Waals surface area contributed by atoms with Crippen LogP contribution in [0.3, 0.4) is 0 Å². The third kappa shape index (κ3) is 7.59. The Hall–Kier alpha value is -1.18. The van der Waals surface area contributed by atoms with Crippen LogP contribution in [-0.2, 0) is 14.3 Å². The first-order chi connectivity index (χ1) is 11.2. The first kappa shape index (κ1) is 20.9. The monoisotopic (exact) mass is 342 g/mol. The van der Waals surface area contributed by atoms with Gasteiger partial charge in [-0.25, -0.2) is 0 Å². The molecule has 0 aliphatic carbocycles. The van der Waals surface area contributed by atoms with Crippen LogP contribution >= 0.6 is 0 Å². The standard InChI is InChI=1S/C17H34N4O3/c1-6-20(12-16(23)19-14(2)3)11-15(22)18-13-17(4,5)21-7-9-24-10-8-21/h14H,6-13H2,1-5H3,(H,18,22)(H,19,23). The molecule has 2 N–H and O–H groups in total. The van der Waals surface area contributed by atoms with Crippen molar-refractivity contribution in [2.75, 3.05) is 52.5 Å². The van der Waals surface area contributed by atoms with Gasteiger partial charge < -0.3 is 15.4 Å². The fraction of sp³-hybridized carbons (Fsp3) is 0.882. The summed E-state index contributed by atoms with van der Waals surface area (Å²) >= 11 is 0. The lowest BCUT2D eigenvalue weighted by Crippen LogP contribution is -2.56. The van der Waals surface area contributed by atoms with E-state index in [1.807, 2.05) is 25.7 Å². The smallest absolute Gasteiger partial charge is 0.234 e. The predicted octanol–water partition coefficient (Wildman–Crippen LogP) is 0.0599. The molecule has 0 unspecified atom stereocenters. The third-order valence-electron chi connectivity index (χ3n) is 4.22. The van der Waals surface area contributed by atoms with E-state index in [1.165, 1.54) is 0 Å². The van der Waals surface area contributed by atoms with E-state index >= 15 is 0 Å². The first-order valence-electron chi connectivity index (χ1n) is 8.86. The number of nitrogens with one attached hydrogen (secondary N) is 2. The van der Waals surface area contributed by atoms with Gasteiger partial charge in [-0.2, -0.15) is 0 Å². The largest absolute Gasteiger partial charge is 0.379 e. The minimum atomic E-state index is -0.106. The minimum absolute atomic E-state index is 0.0458. The summed E-state index contributed by atoms with van der Waals surface area (Å²) in [5.41, 5.74) is -0.106. The Labute approximate surface area is 146 Å². The molecule has 1 saturated heterocycles. The fourth-order valence-electron chi connectivity index (χ4n) is 2.70. The number of rotatable bonds is 9. The quantitative estimate of drug-likeness (QED) is 0.620. The van der Waals surface area contributed by atoms with E-state index in [1.54, 1.807) is 0 Å². The average Bonchev–Trinajstić information content (AvgIpc) is 2.52. The molecule has 140 valence electrons. The van der Waals surface area contributed by atoms with Crippen molar-refractivity contribution in [2.24, 2.45) is 0 Å². The minimum Gasteiger partial charge on any atom is -0.379 e. The lowest BCUT2D eigenvalue weighted by molar-refractivity contribution is -0.125. The number of ether oxygens (including phenoxy) is 1. The molecule has 0 atom stereocenters. The normalized spacial score (nSPS) is 16.5. The van der Waals surface area contributed by atoms with Crippen LogP contribution in [0.1, 0.15) is 34.6 Å². The Morgan fingerprint density at radius 1 is 1.17 bits per heavy atom. The van der Waals surface area contributed by atoms with Gasteiger partial charge in [0.05, 0.1) is 26.3 Å². The van der Waals surface area contributed by atoms with E-state index in [9.17, 15) is 9.59 Å². The summed E-state index contributed by atoms with van der Waals surface area (Å²) in [6, 6.07) is 0.111. The molecule has 1 aliphatic rings. The molecule has 2 amide bonds. The van der Waals surface area contributed by atoms with Crippen molar-refractivity contribution in [1.29, 1.82) is 0 Å². The van der Waals surface area contributed by atoms with Gasteiger partial charge in [0.1, 0.15) is 0 Å². The molecule has 1 aliphatic heterocycles. The lowest BCUT2D eigenvalue weighted by Gasteiger charge is -2.41. The second kappa shape index (κ2) is 9.96. The summed E-state index contributed by atoms with van der Waals surface area (Å²) in [4.78, 5) is 28.2. The second-order valence-corrected chi connectivity index (χ2v) is 7.21. The molecular weight excluding hydrogens is 308 g/mol. The van der Waals surface area contributed by atoms with E-state index in [4.69, 9.17) is 4.74 Å². The lowest BCUT2D eigenvalue weighted by atomic mass is 10.0. The molecule has 7 heteroatoms. The van der Waals surface area contributed by atoms with Gasteiger partial charge in [0, 0.05) is 31.2 Å². The first-order valence-corrected chi connectivity index (χ1v) is 8.86. The van der Waals surface area contributed by atoms with Crippen LogP contribution in [0, 0.1) is 0 Å². The number of carbonyl (C=O) groups excluding carboxylic acids is 2. The Morgan fingerprint density at radius 3 is 2.29 bits per heavy atom. The van der Waals surface area contributed by atoms with Crippen molar-refractivity contribution in [1.82, 2.24) is 20.4 Å². The van der Waals surface area contributed by atoms with E-state index in [-0.39, 0.29) is 36.5 Å². The van der Waals surface area contributed by atoms with Gasteiger partial charge in [0.25, 0.3) is 0 Å². The van der Waals surface area contributed by atoms with Crippen LogP contribution in [0.5, 0.6) is 0 Å². The maximum Gasteiger partial charge on any atom is 0.234 e. The van der Waals surface area contributed by atoms with Crippen LogP contribution in [0.15, 0.2) is 0 Å². The van der Waals surface area contributed by atoms with Gasteiger partial charge in [-0.05, 0) is 34.2 Å². The van der Waals surface area contributed by atoms with Gasteiger partial charge in [-0.15, -0.1) is 0 Å². The summed E-state index contributed by atoms with van der Waals surface area (Å²) in [7, 11) is 0. The molecule has 1 fully saturated rings. The zero-order valence-corrected chi connectivity index (χ0v) is 15.9. The summed E-state index contributed by atoms with van der Waals surface area (Å²) in [6.45, 7) is 15.1. The van der Waals surface area contributed by atoms with Crippen LogP contribution in [0.2, 0.25) is 0 Å². The van der Waals surface area contributed by atoms with Crippen LogP contribution in [0.25, 0.3) is 0 Å². The molecule has 0 aromatic carbocycles. The molecule has 24 heavy (non-hydrogen) atoms. The zero-order chi connectivity index (χ0) is 18.2. The average molecular weight is 342 g/mol. The molecular formula is C17H34N4O3. The molecule has 1 heterocycles. The van der Waals surface area contributed by atoms with Gasteiger partial charge >= 0.3 is 0 Å². The Bertz CT molecular complexity index is 407. The third-order valence-corrected chi connectivity index (χ3v) is 4.22. The number of amides is 2. The highest BCUT2D eigenvalue weighted by molar-refractivity contribution is 5.81. The summed E-state index contributed by atoms with van der Waals surface area (Å²) in [6.07, 6.45) is 0. The highest BCUT2D eigenvalue weighted by Gasteiger charge is 2.28. The Morgan fingerprint density at radius 2 is 1.75 bits per heavy atom. The van der Waals surface area contributed by atoms with Gasteiger partial charge in [-0.3, -0.25) is 19.4 Å². The van der Waals surface area contributed by atoms with Crippen LogP contribution in [0.4, 0.5) is 0 Å². The summed E-state index contributed by atoms with van der Waals surface area (Å²) in [5.74, 6) is -0.0937. The van der Waals surface area contributed by atoms with Gasteiger partial charge in [0.2, 0.25) is 11.8 Å². The molecule has 0 aromatic rings. The molecule has 0 bridgehead atoms. The fourth-order valence-corrected chi connectivity index (χ4v) is 2.70. The Balaban J connectivity index is 2.38. The zero-order valence-electron chi connectivity index (χ0n) is 15.9.